The molecular formula is C37H39Cl2N3O5S. The number of anilines is 1. The largest absolute Gasteiger partial charge is 0.497 e. The number of rotatable bonds is 13. The number of hydrogen-bond donors (Lipinski definition) is 1. The number of nitrogens with zero attached hydrogens (tertiary/aromatic N) is 2. The molecule has 4 aromatic carbocycles. The average Bonchev–Trinajstić information content (AvgIpc) is 3.60. The van der Waals surface area contributed by atoms with Crippen LogP contribution in [0.4, 0.5) is 5.69 Å². The number of benzene rings is 4. The minimum atomic E-state index is -4.32. The van der Waals surface area contributed by atoms with Crippen molar-refractivity contribution in [3.05, 3.63) is 124 Å². The van der Waals surface area contributed by atoms with Crippen LogP contribution in [0, 0.1) is 6.92 Å². The van der Waals surface area contributed by atoms with Crippen molar-refractivity contribution < 1.29 is 22.7 Å². The third-order valence-electron chi connectivity index (χ3n) is 8.52. The van der Waals surface area contributed by atoms with E-state index >= 15 is 0 Å². The van der Waals surface area contributed by atoms with Crippen LogP contribution in [0.1, 0.15) is 42.4 Å². The maximum Gasteiger partial charge on any atom is 0.264 e. The summed E-state index contributed by atoms with van der Waals surface area (Å²) in [6.07, 6.45) is 3.99. The van der Waals surface area contributed by atoms with Crippen molar-refractivity contribution in [2.24, 2.45) is 0 Å². The average molecular weight is 709 g/mol. The Morgan fingerprint density at radius 3 is 2.27 bits per heavy atom. The number of nitrogens with one attached hydrogen (secondary N) is 1. The van der Waals surface area contributed by atoms with Gasteiger partial charge >= 0.3 is 0 Å². The molecule has 2 amide bonds. The molecular weight excluding hydrogens is 669 g/mol. The van der Waals surface area contributed by atoms with Gasteiger partial charge in [-0.05, 0) is 73.4 Å². The van der Waals surface area contributed by atoms with Gasteiger partial charge in [0.25, 0.3) is 10.0 Å². The Hall–Kier alpha value is -4.05. The SMILES string of the molecule is COc1cccc(CN(C(=O)CN(c2cc(Cl)ccc2Cl)S(=O)(=O)c2ccc(C)cc2)[C@H](Cc2ccccc2)C(=O)NC2CCCC2)c1. The lowest BCUT2D eigenvalue weighted by atomic mass is 10.0. The predicted octanol–water partition coefficient (Wildman–Crippen LogP) is 7.20. The van der Waals surface area contributed by atoms with Crippen molar-refractivity contribution in [1.29, 1.82) is 0 Å². The van der Waals surface area contributed by atoms with E-state index in [1.54, 1.807) is 37.4 Å². The Bertz CT molecular complexity index is 1830. The van der Waals surface area contributed by atoms with Crippen LogP contribution in [-0.4, -0.2) is 50.9 Å². The molecule has 0 bridgehead atoms. The molecule has 0 aliphatic heterocycles. The molecule has 1 atom stereocenters. The summed E-state index contributed by atoms with van der Waals surface area (Å²) in [4.78, 5) is 30.3. The fourth-order valence-corrected chi connectivity index (χ4v) is 7.78. The van der Waals surface area contributed by atoms with E-state index in [1.807, 2.05) is 49.4 Å². The van der Waals surface area contributed by atoms with Crippen LogP contribution in [0.25, 0.3) is 0 Å². The summed E-state index contributed by atoms with van der Waals surface area (Å²) in [5.74, 6) is -0.299. The number of amides is 2. The van der Waals surface area contributed by atoms with Gasteiger partial charge in [0.2, 0.25) is 11.8 Å². The lowest BCUT2D eigenvalue weighted by molar-refractivity contribution is -0.140. The molecule has 0 spiro atoms. The first kappa shape index (κ1) is 35.3. The number of carbonyl (C=O) groups excluding carboxylic acids is 2. The summed E-state index contributed by atoms with van der Waals surface area (Å²) >= 11 is 12.9. The van der Waals surface area contributed by atoms with Crippen LogP contribution in [0.5, 0.6) is 5.75 Å². The number of ether oxygens (including phenoxy) is 1. The van der Waals surface area contributed by atoms with E-state index in [0.717, 1.165) is 41.1 Å². The van der Waals surface area contributed by atoms with Crippen molar-refractivity contribution >= 4 is 50.7 Å². The fraction of sp³-hybridized carbons (Fsp3) is 0.297. The van der Waals surface area contributed by atoms with Gasteiger partial charge < -0.3 is 15.0 Å². The Morgan fingerprint density at radius 2 is 1.58 bits per heavy atom. The number of aryl methyl sites for hydroxylation is 1. The zero-order valence-electron chi connectivity index (χ0n) is 26.9. The van der Waals surface area contributed by atoms with Crippen LogP contribution < -0.4 is 14.4 Å². The number of sulfonamides is 1. The molecule has 1 N–H and O–H groups in total. The van der Waals surface area contributed by atoms with Crippen molar-refractivity contribution in [2.75, 3.05) is 18.0 Å². The van der Waals surface area contributed by atoms with Gasteiger partial charge in [-0.1, -0.05) is 96.2 Å². The summed E-state index contributed by atoms with van der Waals surface area (Å²) in [5.41, 5.74) is 2.49. The van der Waals surface area contributed by atoms with Gasteiger partial charge in [-0.2, -0.15) is 0 Å². The highest BCUT2D eigenvalue weighted by molar-refractivity contribution is 7.92. The minimum Gasteiger partial charge on any atom is -0.497 e. The van der Waals surface area contributed by atoms with Crippen molar-refractivity contribution in [2.45, 2.75) is 62.6 Å². The molecule has 0 unspecified atom stereocenters. The van der Waals surface area contributed by atoms with E-state index in [4.69, 9.17) is 27.9 Å². The van der Waals surface area contributed by atoms with E-state index in [1.165, 1.54) is 29.2 Å². The standard InChI is InChI=1S/C37H39Cl2N3O5S/c1-26-15-18-32(19-16-26)48(45,46)42(34-23-29(38)17-20-33(34)39)25-36(43)41(24-28-11-8-14-31(21-28)47-2)35(22-27-9-4-3-5-10-27)37(44)40-30-12-6-7-13-30/h3-5,8-11,14-21,23,30,35H,6-7,12-13,22,24-25H2,1-2H3,(H,40,44)/t35-/m1/s1. The molecule has 5 rings (SSSR count). The van der Waals surface area contributed by atoms with E-state index in [9.17, 15) is 18.0 Å². The number of carbonyl (C=O) groups is 2. The molecule has 1 aliphatic carbocycles. The number of methoxy groups -OCH3 is 1. The van der Waals surface area contributed by atoms with E-state index < -0.39 is 28.5 Å². The summed E-state index contributed by atoms with van der Waals surface area (Å²) in [5, 5.41) is 3.52. The summed E-state index contributed by atoms with van der Waals surface area (Å²) in [7, 11) is -2.77. The quantitative estimate of drug-likeness (QED) is 0.159. The highest BCUT2D eigenvalue weighted by atomic mass is 35.5. The summed E-state index contributed by atoms with van der Waals surface area (Å²) < 4.78 is 35.0. The van der Waals surface area contributed by atoms with Crippen molar-refractivity contribution in [3.63, 3.8) is 0 Å². The van der Waals surface area contributed by atoms with Crippen LogP contribution >= 0.6 is 23.2 Å². The molecule has 4 aromatic rings. The Morgan fingerprint density at radius 1 is 0.896 bits per heavy atom. The highest BCUT2D eigenvalue weighted by Crippen LogP contribution is 2.33. The normalized spacial score (nSPS) is 13.9. The van der Waals surface area contributed by atoms with Crippen LogP contribution in [0.15, 0.2) is 102 Å². The van der Waals surface area contributed by atoms with E-state index in [-0.39, 0.29) is 45.5 Å². The molecule has 252 valence electrons. The Balaban J connectivity index is 1.60. The van der Waals surface area contributed by atoms with Gasteiger partial charge in [0, 0.05) is 24.0 Å². The lowest BCUT2D eigenvalue weighted by Crippen LogP contribution is -2.54. The molecule has 0 heterocycles. The predicted molar refractivity (Wildman–Crippen MR) is 190 cm³/mol. The zero-order valence-corrected chi connectivity index (χ0v) is 29.3. The summed E-state index contributed by atoms with van der Waals surface area (Å²) in [6, 6.07) is 26.6. The van der Waals surface area contributed by atoms with Crippen molar-refractivity contribution in [1.82, 2.24) is 10.2 Å². The number of hydrogen-bond acceptors (Lipinski definition) is 5. The van der Waals surface area contributed by atoms with Gasteiger partial charge in [0.1, 0.15) is 18.3 Å². The molecule has 1 saturated carbocycles. The van der Waals surface area contributed by atoms with Gasteiger partial charge in [-0.3, -0.25) is 13.9 Å². The Labute approximate surface area is 292 Å². The third kappa shape index (κ3) is 8.69. The van der Waals surface area contributed by atoms with E-state index in [2.05, 4.69) is 5.32 Å². The second-order valence-corrected chi connectivity index (χ2v) is 14.7. The topological polar surface area (TPSA) is 96.0 Å². The molecule has 8 nitrogen and oxygen atoms in total. The van der Waals surface area contributed by atoms with Crippen LogP contribution in [0.2, 0.25) is 10.0 Å². The summed E-state index contributed by atoms with van der Waals surface area (Å²) in [6.45, 7) is 1.24. The zero-order chi connectivity index (χ0) is 34.3. The first-order valence-electron chi connectivity index (χ1n) is 15.9. The van der Waals surface area contributed by atoms with Gasteiger partial charge in [0.05, 0.1) is 22.7 Å². The third-order valence-corrected chi connectivity index (χ3v) is 10.9. The first-order valence-corrected chi connectivity index (χ1v) is 18.1. The molecule has 11 heteroatoms. The second-order valence-electron chi connectivity index (χ2n) is 12.0. The molecule has 0 radical (unpaired) electrons. The van der Waals surface area contributed by atoms with Crippen molar-refractivity contribution in [3.8, 4) is 5.75 Å². The second kappa shape index (κ2) is 15.9. The lowest BCUT2D eigenvalue weighted by Gasteiger charge is -2.34. The van der Waals surface area contributed by atoms with Crippen LogP contribution in [-0.2, 0) is 32.6 Å². The van der Waals surface area contributed by atoms with Gasteiger partial charge in [-0.15, -0.1) is 0 Å². The number of halogens is 2. The highest BCUT2D eigenvalue weighted by Gasteiger charge is 2.36. The molecule has 0 saturated heterocycles. The fourth-order valence-electron chi connectivity index (χ4n) is 5.92. The molecule has 1 aliphatic rings. The monoisotopic (exact) mass is 707 g/mol. The minimum absolute atomic E-state index is 0.00762. The molecule has 48 heavy (non-hydrogen) atoms. The first-order chi connectivity index (χ1) is 23.0. The smallest absolute Gasteiger partial charge is 0.264 e. The van der Waals surface area contributed by atoms with Gasteiger partial charge in [-0.25, -0.2) is 8.42 Å². The van der Waals surface area contributed by atoms with Crippen LogP contribution in [0.3, 0.4) is 0 Å². The van der Waals surface area contributed by atoms with E-state index in [0.29, 0.717) is 11.3 Å². The molecule has 0 aromatic heterocycles. The maximum absolute atomic E-state index is 14.7. The Kier molecular flexibility index (Phi) is 11.7. The molecule has 1 fully saturated rings. The van der Waals surface area contributed by atoms with Gasteiger partial charge in [0.15, 0.2) is 0 Å². The maximum atomic E-state index is 14.7.